The molecular weight excluding hydrogens is 335 g/mol. The molecule has 1 amide bonds. The number of carbonyl (C=O) groups is 1. The molecule has 1 unspecified atom stereocenters. The Morgan fingerprint density at radius 2 is 1.78 bits per heavy atom. The molecular formula is C17H22Cl2N2O2. The molecule has 2 heterocycles. The Balaban J connectivity index is 1.70. The Morgan fingerprint density at radius 1 is 1.13 bits per heavy atom. The molecule has 1 atom stereocenters. The van der Waals surface area contributed by atoms with Crippen molar-refractivity contribution in [3.63, 3.8) is 0 Å². The molecule has 3 rings (SSSR count). The highest BCUT2D eigenvalue weighted by Gasteiger charge is 2.36. The Labute approximate surface area is 147 Å². The van der Waals surface area contributed by atoms with Crippen LogP contribution in [-0.2, 0) is 11.2 Å². The van der Waals surface area contributed by atoms with Crippen LogP contribution in [0.2, 0.25) is 10.0 Å². The van der Waals surface area contributed by atoms with Crippen LogP contribution in [0.3, 0.4) is 0 Å². The second-order valence-electron chi connectivity index (χ2n) is 6.24. The normalized spacial score (nSPS) is 22.7. The van der Waals surface area contributed by atoms with E-state index in [9.17, 15) is 4.79 Å². The highest BCUT2D eigenvalue weighted by Crippen LogP contribution is 2.34. The van der Waals surface area contributed by atoms with Gasteiger partial charge in [-0.2, -0.15) is 0 Å². The molecule has 0 N–H and O–H groups in total. The average molecular weight is 357 g/mol. The van der Waals surface area contributed by atoms with Crippen LogP contribution in [-0.4, -0.2) is 42.7 Å². The Morgan fingerprint density at radius 3 is 2.39 bits per heavy atom. The SMILES string of the molecule is COc1cc(Cl)c(CC2CCN(N3CCCCC3)C2=O)c(Cl)c1. The van der Waals surface area contributed by atoms with E-state index in [1.54, 1.807) is 19.2 Å². The van der Waals surface area contributed by atoms with Crippen molar-refractivity contribution in [3.8, 4) is 5.75 Å². The molecule has 6 heteroatoms. The fourth-order valence-electron chi connectivity index (χ4n) is 3.45. The number of halogens is 2. The number of hydrogen-bond donors (Lipinski definition) is 0. The molecule has 126 valence electrons. The largest absolute Gasteiger partial charge is 0.497 e. The molecule has 0 aromatic heterocycles. The van der Waals surface area contributed by atoms with Gasteiger partial charge in [0, 0.05) is 35.6 Å². The lowest BCUT2D eigenvalue weighted by Crippen LogP contribution is -2.47. The number of carbonyl (C=O) groups excluding carboxylic acids is 1. The first-order chi connectivity index (χ1) is 11.1. The fraction of sp³-hybridized carbons (Fsp3) is 0.588. The minimum Gasteiger partial charge on any atom is -0.497 e. The molecule has 23 heavy (non-hydrogen) atoms. The topological polar surface area (TPSA) is 32.8 Å². The maximum Gasteiger partial charge on any atom is 0.240 e. The van der Waals surface area contributed by atoms with Gasteiger partial charge in [0.05, 0.1) is 7.11 Å². The summed E-state index contributed by atoms with van der Waals surface area (Å²) < 4.78 is 5.17. The molecule has 0 saturated carbocycles. The predicted molar refractivity (Wildman–Crippen MR) is 92.0 cm³/mol. The smallest absolute Gasteiger partial charge is 0.240 e. The molecule has 4 nitrogen and oxygen atoms in total. The van der Waals surface area contributed by atoms with E-state index < -0.39 is 0 Å². The number of hydrazine groups is 1. The van der Waals surface area contributed by atoms with Gasteiger partial charge in [0.1, 0.15) is 5.75 Å². The molecule has 2 aliphatic heterocycles. The van der Waals surface area contributed by atoms with Crippen LogP contribution >= 0.6 is 23.2 Å². The summed E-state index contributed by atoms with van der Waals surface area (Å²) in [4.78, 5) is 12.7. The number of ether oxygens (including phenoxy) is 1. The highest BCUT2D eigenvalue weighted by molar-refractivity contribution is 6.36. The lowest BCUT2D eigenvalue weighted by Gasteiger charge is -2.34. The van der Waals surface area contributed by atoms with Crippen molar-refractivity contribution >= 4 is 29.1 Å². The Kier molecular flexibility index (Phi) is 5.34. The molecule has 2 saturated heterocycles. The van der Waals surface area contributed by atoms with Crippen molar-refractivity contribution in [2.75, 3.05) is 26.7 Å². The van der Waals surface area contributed by atoms with Gasteiger partial charge < -0.3 is 4.74 Å². The monoisotopic (exact) mass is 356 g/mol. The van der Waals surface area contributed by atoms with Gasteiger partial charge in [-0.25, -0.2) is 5.01 Å². The summed E-state index contributed by atoms with van der Waals surface area (Å²) in [6, 6.07) is 3.51. The number of benzene rings is 1. The molecule has 0 aliphatic carbocycles. The van der Waals surface area contributed by atoms with Crippen molar-refractivity contribution in [2.24, 2.45) is 5.92 Å². The van der Waals surface area contributed by atoms with E-state index in [2.05, 4.69) is 5.01 Å². The summed E-state index contributed by atoms with van der Waals surface area (Å²) in [5.74, 6) is 0.798. The van der Waals surface area contributed by atoms with Crippen molar-refractivity contribution in [1.29, 1.82) is 0 Å². The van der Waals surface area contributed by atoms with Gasteiger partial charge in [-0.05, 0) is 43.4 Å². The summed E-state index contributed by atoms with van der Waals surface area (Å²) in [6.07, 6.45) is 5.05. The molecule has 1 aromatic carbocycles. The first-order valence-electron chi connectivity index (χ1n) is 8.18. The number of amides is 1. The zero-order valence-electron chi connectivity index (χ0n) is 13.4. The standard InChI is InChI=1S/C17H22Cl2N2O2/c1-23-13-10-15(18)14(16(19)11-13)9-12-5-8-21(17(12)22)20-6-3-2-4-7-20/h10-12H,2-9H2,1H3. The number of nitrogens with zero attached hydrogens (tertiary/aromatic N) is 2. The van der Waals surface area contributed by atoms with Crippen LogP contribution in [0, 0.1) is 5.92 Å². The van der Waals surface area contributed by atoms with Gasteiger partial charge in [0.2, 0.25) is 5.91 Å². The summed E-state index contributed by atoms with van der Waals surface area (Å²) >= 11 is 12.6. The van der Waals surface area contributed by atoms with Crippen molar-refractivity contribution in [1.82, 2.24) is 10.0 Å². The molecule has 0 spiro atoms. The Bertz CT molecular complexity index is 565. The van der Waals surface area contributed by atoms with Gasteiger partial charge in [-0.15, -0.1) is 0 Å². The van der Waals surface area contributed by atoms with Crippen LogP contribution in [0.4, 0.5) is 0 Å². The molecule has 0 bridgehead atoms. The van der Waals surface area contributed by atoms with Crippen molar-refractivity contribution < 1.29 is 9.53 Å². The number of methoxy groups -OCH3 is 1. The number of rotatable bonds is 4. The van der Waals surface area contributed by atoms with Crippen LogP contribution in [0.5, 0.6) is 5.75 Å². The summed E-state index contributed by atoms with van der Waals surface area (Å²) in [5.41, 5.74) is 0.841. The van der Waals surface area contributed by atoms with Crippen LogP contribution in [0.1, 0.15) is 31.2 Å². The number of hydrogen-bond acceptors (Lipinski definition) is 3. The zero-order valence-corrected chi connectivity index (χ0v) is 14.9. The highest BCUT2D eigenvalue weighted by atomic mass is 35.5. The molecule has 1 aromatic rings. The van der Waals surface area contributed by atoms with Crippen LogP contribution in [0.25, 0.3) is 0 Å². The fourth-order valence-corrected chi connectivity index (χ4v) is 4.07. The third-order valence-electron chi connectivity index (χ3n) is 4.77. The van der Waals surface area contributed by atoms with Crippen LogP contribution < -0.4 is 4.74 Å². The summed E-state index contributed by atoms with van der Waals surface area (Å²) in [7, 11) is 1.58. The first kappa shape index (κ1) is 16.9. The van der Waals surface area contributed by atoms with E-state index in [0.717, 1.165) is 31.6 Å². The van der Waals surface area contributed by atoms with Gasteiger partial charge in [-0.1, -0.05) is 29.6 Å². The van der Waals surface area contributed by atoms with Crippen molar-refractivity contribution in [2.45, 2.75) is 32.1 Å². The minimum atomic E-state index is -0.0414. The van der Waals surface area contributed by atoms with E-state index in [4.69, 9.17) is 27.9 Å². The van der Waals surface area contributed by atoms with Crippen molar-refractivity contribution in [3.05, 3.63) is 27.7 Å². The van der Waals surface area contributed by atoms with E-state index in [-0.39, 0.29) is 11.8 Å². The minimum absolute atomic E-state index is 0.0414. The average Bonchev–Trinajstić information content (AvgIpc) is 2.92. The van der Waals surface area contributed by atoms with Gasteiger partial charge in [0.25, 0.3) is 0 Å². The molecule has 2 aliphatic rings. The first-order valence-corrected chi connectivity index (χ1v) is 8.94. The van der Waals surface area contributed by atoms with E-state index in [1.807, 2.05) is 5.01 Å². The summed E-state index contributed by atoms with van der Waals surface area (Å²) in [5, 5.41) is 5.29. The second-order valence-corrected chi connectivity index (χ2v) is 7.05. The third-order valence-corrected chi connectivity index (χ3v) is 5.44. The quantitative estimate of drug-likeness (QED) is 0.822. The molecule has 2 fully saturated rings. The van der Waals surface area contributed by atoms with E-state index in [1.165, 1.54) is 19.3 Å². The molecule has 0 radical (unpaired) electrons. The lowest BCUT2D eigenvalue weighted by molar-refractivity contribution is -0.147. The van der Waals surface area contributed by atoms with Gasteiger partial charge in [0.15, 0.2) is 0 Å². The maximum absolute atomic E-state index is 12.7. The predicted octanol–water partition coefficient (Wildman–Crippen LogP) is 3.79. The van der Waals surface area contributed by atoms with E-state index >= 15 is 0 Å². The maximum atomic E-state index is 12.7. The third kappa shape index (κ3) is 3.59. The second kappa shape index (κ2) is 7.29. The lowest BCUT2D eigenvalue weighted by atomic mass is 9.98. The van der Waals surface area contributed by atoms with Gasteiger partial charge >= 0.3 is 0 Å². The number of piperidine rings is 1. The van der Waals surface area contributed by atoms with E-state index in [0.29, 0.717) is 22.2 Å². The summed E-state index contributed by atoms with van der Waals surface area (Å²) in [6.45, 7) is 2.78. The zero-order chi connectivity index (χ0) is 16.4. The van der Waals surface area contributed by atoms with Gasteiger partial charge in [-0.3, -0.25) is 9.80 Å². The Hall–Kier alpha value is -0.970. The van der Waals surface area contributed by atoms with Crippen LogP contribution in [0.15, 0.2) is 12.1 Å².